The zero-order chi connectivity index (χ0) is 18.3. The molecule has 0 radical (unpaired) electrons. The molecule has 2 aromatic rings. The molecule has 4 rings (SSSR count). The summed E-state index contributed by atoms with van der Waals surface area (Å²) < 4.78 is 1.77. The lowest BCUT2D eigenvalue weighted by molar-refractivity contribution is 0.0693. The van der Waals surface area contributed by atoms with Crippen molar-refractivity contribution in [2.24, 2.45) is 7.05 Å². The first-order valence-electron chi connectivity index (χ1n) is 9.58. The van der Waals surface area contributed by atoms with Gasteiger partial charge in [-0.3, -0.25) is 14.3 Å². The molecule has 0 saturated carbocycles. The molecule has 0 bridgehead atoms. The number of pyridine rings is 1. The van der Waals surface area contributed by atoms with Crippen molar-refractivity contribution in [2.45, 2.75) is 51.4 Å². The Morgan fingerprint density at radius 1 is 1.23 bits per heavy atom. The van der Waals surface area contributed by atoms with Crippen LogP contribution < -0.4 is 5.43 Å². The van der Waals surface area contributed by atoms with E-state index in [-0.39, 0.29) is 17.3 Å². The van der Waals surface area contributed by atoms with Gasteiger partial charge in [0.1, 0.15) is 5.69 Å². The van der Waals surface area contributed by atoms with E-state index in [4.69, 9.17) is 0 Å². The highest BCUT2D eigenvalue weighted by Crippen LogP contribution is 2.29. The average molecular weight is 354 g/mol. The summed E-state index contributed by atoms with van der Waals surface area (Å²) in [6.07, 6.45) is 6.16. The van der Waals surface area contributed by atoms with Gasteiger partial charge in [-0.05, 0) is 45.4 Å². The van der Waals surface area contributed by atoms with Crippen LogP contribution in [0.2, 0.25) is 0 Å². The number of hydrogen-bond acceptors (Lipinski definition) is 3. The number of carbonyl (C=O) groups excluding carboxylic acids is 1. The third-order valence-corrected chi connectivity index (χ3v) is 5.67. The first kappa shape index (κ1) is 17.1. The lowest BCUT2D eigenvalue weighted by Crippen LogP contribution is -2.40. The molecule has 1 aliphatic carbocycles. The van der Waals surface area contributed by atoms with Crippen LogP contribution in [-0.4, -0.2) is 38.7 Å². The maximum absolute atomic E-state index is 13.3. The number of rotatable bonds is 2. The molecular formula is C20H26N4O2. The monoisotopic (exact) mass is 354 g/mol. The SMILES string of the molecule is Cc1cc(=O)cc(C2CCCN(C(=O)c3c4c(nn3C)CCCC4)C2)[nH]1. The fraction of sp³-hybridized carbons (Fsp3) is 0.550. The van der Waals surface area contributed by atoms with Crippen molar-refractivity contribution >= 4 is 5.91 Å². The first-order chi connectivity index (χ1) is 12.5. The lowest BCUT2D eigenvalue weighted by Gasteiger charge is -2.33. The second-order valence-corrected chi connectivity index (χ2v) is 7.65. The third kappa shape index (κ3) is 3.08. The van der Waals surface area contributed by atoms with Crippen LogP contribution in [0.15, 0.2) is 16.9 Å². The summed E-state index contributed by atoms with van der Waals surface area (Å²) in [5, 5.41) is 4.59. The average Bonchev–Trinajstić information content (AvgIpc) is 2.96. The van der Waals surface area contributed by atoms with Crippen molar-refractivity contribution in [3.05, 3.63) is 50.7 Å². The van der Waals surface area contributed by atoms with E-state index in [0.29, 0.717) is 6.54 Å². The Kier molecular flexibility index (Phi) is 4.42. The van der Waals surface area contributed by atoms with Gasteiger partial charge in [0.15, 0.2) is 5.43 Å². The van der Waals surface area contributed by atoms with E-state index in [0.717, 1.165) is 73.4 Å². The van der Waals surface area contributed by atoms with Crippen LogP contribution in [-0.2, 0) is 19.9 Å². The van der Waals surface area contributed by atoms with Gasteiger partial charge in [0.25, 0.3) is 5.91 Å². The standard InChI is InChI=1S/C20H26N4O2/c1-13-10-15(25)11-18(21-13)14-6-5-9-24(12-14)20(26)19-16-7-3-4-8-17(16)22-23(19)2/h10-11,14H,3-9,12H2,1-2H3,(H,21,25). The Balaban J connectivity index is 1.59. The summed E-state index contributed by atoms with van der Waals surface area (Å²) in [5.41, 5.74) is 4.85. The minimum Gasteiger partial charge on any atom is -0.362 e. The molecule has 1 amide bonds. The molecule has 0 aromatic carbocycles. The molecule has 2 aliphatic rings. The number of nitrogens with one attached hydrogen (secondary N) is 1. The quantitative estimate of drug-likeness (QED) is 0.900. The maximum atomic E-state index is 13.3. The Morgan fingerprint density at radius 3 is 2.85 bits per heavy atom. The Bertz CT molecular complexity index is 896. The van der Waals surface area contributed by atoms with E-state index < -0.39 is 0 Å². The van der Waals surface area contributed by atoms with E-state index in [1.807, 2.05) is 18.9 Å². The number of carbonyl (C=O) groups is 1. The normalized spacial score (nSPS) is 20.1. The number of aromatic nitrogens is 3. The van der Waals surface area contributed by atoms with Gasteiger partial charge in [-0.1, -0.05) is 0 Å². The Morgan fingerprint density at radius 2 is 2.04 bits per heavy atom. The van der Waals surface area contributed by atoms with Crippen molar-refractivity contribution in [2.75, 3.05) is 13.1 Å². The molecule has 138 valence electrons. The maximum Gasteiger partial charge on any atom is 0.272 e. The third-order valence-electron chi connectivity index (χ3n) is 5.67. The second-order valence-electron chi connectivity index (χ2n) is 7.65. The Hall–Kier alpha value is -2.37. The van der Waals surface area contributed by atoms with E-state index >= 15 is 0 Å². The van der Waals surface area contributed by atoms with Crippen molar-refractivity contribution < 1.29 is 4.79 Å². The van der Waals surface area contributed by atoms with Crippen LogP contribution in [0.3, 0.4) is 0 Å². The first-order valence-corrected chi connectivity index (χ1v) is 9.58. The number of nitrogens with zero attached hydrogens (tertiary/aromatic N) is 3. The van der Waals surface area contributed by atoms with Gasteiger partial charge in [-0.2, -0.15) is 5.10 Å². The number of aromatic amines is 1. The van der Waals surface area contributed by atoms with E-state index in [9.17, 15) is 9.59 Å². The molecule has 1 fully saturated rings. The minimum absolute atomic E-state index is 0.0282. The molecule has 0 spiro atoms. The molecule has 2 aromatic heterocycles. The van der Waals surface area contributed by atoms with Gasteiger partial charge in [-0.15, -0.1) is 0 Å². The number of hydrogen-bond donors (Lipinski definition) is 1. The topological polar surface area (TPSA) is 71.0 Å². The number of likely N-dealkylation sites (tertiary alicyclic amines) is 1. The van der Waals surface area contributed by atoms with Crippen molar-refractivity contribution in [1.29, 1.82) is 0 Å². The van der Waals surface area contributed by atoms with Crippen LogP contribution in [0.5, 0.6) is 0 Å². The van der Waals surface area contributed by atoms with E-state index in [1.54, 1.807) is 16.8 Å². The number of fused-ring (bicyclic) bond motifs is 1. The van der Waals surface area contributed by atoms with E-state index in [1.165, 1.54) is 0 Å². The summed E-state index contributed by atoms with van der Waals surface area (Å²) in [7, 11) is 1.88. The molecule has 1 unspecified atom stereocenters. The molecule has 1 N–H and O–H groups in total. The predicted octanol–water partition coefficient (Wildman–Crippen LogP) is 2.32. The summed E-state index contributed by atoms with van der Waals surface area (Å²) >= 11 is 0. The summed E-state index contributed by atoms with van der Waals surface area (Å²) in [6.45, 7) is 3.32. The molecular weight excluding hydrogens is 328 g/mol. The van der Waals surface area contributed by atoms with Gasteiger partial charge in [0.2, 0.25) is 0 Å². The van der Waals surface area contributed by atoms with Gasteiger partial charge < -0.3 is 9.88 Å². The Labute approximate surface area is 153 Å². The van der Waals surface area contributed by atoms with Gasteiger partial charge in [0.05, 0.1) is 5.69 Å². The summed E-state index contributed by atoms with van der Waals surface area (Å²) in [6, 6.07) is 3.29. The zero-order valence-electron chi connectivity index (χ0n) is 15.5. The number of piperidine rings is 1. The highest BCUT2D eigenvalue weighted by molar-refractivity contribution is 5.94. The zero-order valence-corrected chi connectivity index (χ0v) is 15.5. The summed E-state index contributed by atoms with van der Waals surface area (Å²) in [5.74, 6) is 0.271. The molecule has 26 heavy (non-hydrogen) atoms. The molecule has 3 heterocycles. The van der Waals surface area contributed by atoms with Gasteiger partial charge in [-0.25, -0.2) is 0 Å². The number of aryl methyl sites for hydroxylation is 3. The molecule has 1 aliphatic heterocycles. The molecule has 6 nitrogen and oxygen atoms in total. The van der Waals surface area contributed by atoms with Crippen LogP contribution in [0.25, 0.3) is 0 Å². The van der Waals surface area contributed by atoms with Crippen molar-refractivity contribution in [3.63, 3.8) is 0 Å². The van der Waals surface area contributed by atoms with Crippen molar-refractivity contribution in [1.82, 2.24) is 19.7 Å². The van der Waals surface area contributed by atoms with Gasteiger partial charge in [0, 0.05) is 55.1 Å². The molecule has 6 heteroatoms. The van der Waals surface area contributed by atoms with E-state index in [2.05, 4.69) is 10.1 Å². The van der Waals surface area contributed by atoms with Crippen LogP contribution in [0.1, 0.15) is 64.7 Å². The second kappa shape index (κ2) is 6.74. The minimum atomic E-state index is 0.0282. The fourth-order valence-electron chi connectivity index (χ4n) is 4.44. The fourth-order valence-corrected chi connectivity index (χ4v) is 4.44. The lowest BCUT2D eigenvalue weighted by atomic mass is 9.92. The highest BCUT2D eigenvalue weighted by Gasteiger charge is 2.31. The summed E-state index contributed by atoms with van der Waals surface area (Å²) in [4.78, 5) is 30.4. The smallest absolute Gasteiger partial charge is 0.272 e. The largest absolute Gasteiger partial charge is 0.362 e. The molecule has 1 saturated heterocycles. The van der Waals surface area contributed by atoms with Gasteiger partial charge >= 0.3 is 0 Å². The molecule has 1 atom stereocenters. The number of amides is 1. The number of H-pyrrole nitrogens is 1. The highest BCUT2D eigenvalue weighted by atomic mass is 16.2. The van der Waals surface area contributed by atoms with Crippen LogP contribution in [0.4, 0.5) is 0 Å². The van der Waals surface area contributed by atoms with Crippen LogP contribution in [0, 0.1) is 6.92 Å². The van der Waals surface area contributed by atoms with Crippen molar-refractivity contribution in [3.8, 4) is 0 Å². The van der Waals surface area contributed by atoms with Crippen LogP contribution >= 0.6 is 0 Å². The predicted molar refractivity (Wildman–Crippen MR) is 99.5 cm³/mol.